The number of morpholine rings is 1. The first-order chi connectivity index (χ1) is 8.33. The maximum atomic E-state index is 12.3. The highest BCUT2D eigenvalue weighted by molar-refractivity contribution is 5.99. The molecular formula is C12H17N3O2. The van der Waals surface area contributed by atoms with Crippen LogP contribution in [0.4, 0.5) is 5.69 Å². The number of hydrogen-bond donors (Lipinski definition) is 1. The lowest BCUT2D eigenvalue weighted by Crippen LogP contribution is -2.40. The van der Waals surface area contributed by atoms with Crippen molar-refractivity contribution in [2.75, 3.05) is 38.2 Å². The zero-order valence-corrected chi connectivity index (χ0v) is 9.98. The number of aromatic nitrogens is 1. The standard InChI is InChI=1S/C12H17N3O2/c1-2-14-11-9-13-4-3-10(11)12(16)15-5-7-17-8-6-15/h3-4,9,14H,2,5-8H2,1H3. The van der Waals surface area contributed by atoms with Crippen molar-refractivity contribution in [1.82, 2.24) is 9.88 Å². The number of pyridine rings is 1. The summed E-state index contributed by atoms with van der Waals surface area (Å²) in [6, 6.07) is 1.76. The van der Waals surface area contributed by atoms with E-state index in [9.17, 15) is 4.79 Å². The molecule has 0 saturated carbocycles. The first-order valence-corrected chi connectivity index (χ1v) is 5.88. The fourth-order valence-electron chi connectivity index (χ4n) is 1.85. The summed E-state index contributed by atoms with van der Waals surface area (Å²) in [5.74, 6) is 0.0478. The molecule has 1 aromatic heterocycles. The third kappa shape index (κ3) is 2.74. The molecule has 1 fully saturated rings. The van der Waals surface area contributed by atoms with Gasteiger partial charge in [0.25, 0.3) is 5.91 Å². The van der Waals surface area contributed by atoms with Crippen LogP contribution >= 0.6 is 0 Å². The normalized spacial score (nSPS) is 15.7. The summed E-state index contributed by atoms with van der Waals surface area (Å²) >= 11 is 0. The van der Waals surface area contributed by atoms with Crippen molar-refractivity contribution >= 4 is 11.6 Å². The Bertz CT molecular complexity index is 389. The molecule has 2 rings (SSSR count). The van der Waals surface area contributed by atoms with Crippen LogP contribution < -0.4 is 5.32 Å². The molecule has 0 bridgehead atoms. The molecule has 92 valence electrons. The van der Waals surface area contributed by atoms with Crippen LogP contribution in [0.15, 0.2) is 18.5 Å². The molecule has 1 aromatic rings. The number of anilines is 1. The largest absolute Gasteiger partial charge is 0.383 e. The SMILES string of the molecule is CCNc1cnccc1C(=O)N1CCOCC1. The zero-order chi connectivity index (χ0) is 12.1. The van der Waals surface area contributed by atoms with Gasteiger partial charge in [0.15, 0.2) is 0 Å². The molecule has 0 spiro atoms. The van der Waals surface area contributed by atoms with Crippen LogP contribution in [0.1, 0.15) is 17.3 Å². The van der Waals surface area contributed by atoms with Gasteiger partial charge >= 0.3 is 0 Å². The number of nitrogens with zero attached hydrogens (tertiary/aromatic N) is 2. The summed E-state index contributed by atoms with van der Waals surface area (Å²) in [6.07, 6.45) is 3.34. The lowest BCUT2D eigenvalue weighted by Gasteiger charge is -2.27. The molecular weight excluding hydrogens is 218 g/mol. The van der Waals surface area contributed by atoms with Gasteiger partial charge in [-0.05, 0) is 13.0 Å². The molecule has 0 atom stereocenters. The molecule has 1 aliphatic rings. The Kier molecular flexibility index (Phi) is 3.93. The maximum absolute atomic E-state index is 12.3. The first kappa shape index (κ1) is 11.9. The lowest BCUT2D eigenvalue weighted by atomic mass is 10.2. The number of ether oxygens (including phenoxy) is 1. The summed E-state index contributed by atoms with van der Waals surface area (Å²) in [7, 11) is 0. The number of nitrogens with one attached hydrogen (secondary N) is 1. The van der Waals surface area contributed by atoms with Gasteiger partial charge < -0.3 is 15.0 Å². The number of carbonyl (C=O) groups excluding carboxylic acids is 1. The number of rotatable bonds is 3. The van der Waals surface area contributed by atoms with Gasteiger partial charge in [0.05, 0.1) is 30.7 Å². The fourth-order valence-corrected chi connectivity index (χ4v) is 1.85. The van der Waals surface area contributed by atoms with Gasteiger partial charge in [-0.2, -0.15) is 0 Å². The summed E-state index contributed by atoms with van der Waals surface area (Å²) < 4.78 is 5.24. The van der Waals surface area contributed by atoms with Gasteiger partial charge in [0.1, 0.15) is 0 Å². The van der Waals surface area contributed by atoms with Crippen molar-refractivity contribution in [3.05, 3.63) is 24.0 Å². The van der Waals surface area contributed by atoms with Crippen molar-refractivity contribution in [2.45, 2.75) is 6.92 Å². The highest BCUT2D eigenvalue weighted by Crippen LogP contribution is 2.16. The third-order valence-electron chi connectivity index (χ3n) is 2.72. The molecule has 1 N–H and O–H groups in total. The van der Waals surface area contributed by atoms with Gasteiger partial charge in [0.2, 0.25) is 0 Å². The Hall–Kier alpha value is -1.62. The van der Waals surface area contributed by atoms with Crippen LogP contribution in [0.3, 0.4) is 0 Å². The molecule has 0 aliphatic carbocycles. The molecule has 0 aromatic carbocycles. The Morgan fingerprint density at radius 3 is 3.00 bits per heavy atom. The number of amides is 1. The van der Waals surface area contributed by atoms with Gasteiger partial charge in [-0.15, -0.1) is 0 Å². The van der Waals surface area contributed by atoms with Gasteiger partial charge in [0, 0.05) is 25.8 Å². The summed E-state index contributed by atoms with van der Waals surface area (Å²) in [4.78, 5) is 18.2. The van der Waals surface area contributed by atoms with Crippen LogP contribution in [-0.2, 0) is 4.74 Å². The van der Waals surface area contributed by atoms with Crippen LogP contribution in [-0.4, -0.2) is 48.6 Å². The average molecular weight is 235 g/mol. The van der Waals surface area contributed by atoms with Crippen molar-refractivity contribution in [3.63, 3.8) is 0 Å². The minimum Gasteiger partial charge on any atom is -0.383 e. The van der Waals surface area contributed by atoms with Crippen molar-refractivity contribution in [3.8, 4) is 0 Å². The Balaban J connectivity index is 2.17. The minimum absolute atomic E-state index is 0.0478. The van der Waals surface area contributed by atoms with E-state index < -0.39 is 0 Å². The van der Waals surface area contributed by atoms with E-state index in [4.69, 9.17) is 4.74 Å². The Labute approximate surface area is 101 Å². The van der Waals surface area contributed by atoms with E-state index in [1.54, 1.807) is 18.5 Å². The molecule has 5 heteroatoms. The predicted molar refractivity (Wildman–Crippen MR) is 65.1 cm³/mol. The molecule has 17 heavy (non-hydrogen) atoms. The summed E-state index contributed by atoms with van der Waals surface area (Å²) in [5.41, 5.74) is 1.48. The molecule has 0 radical (unpaired) electrons. The second-order valence-corrected chi connectivity index (χ2v) is 3.86. The molecule has 1 saturated heterocycles. The Morgan fingerprint density at radius 2 is 2.29 bits per heavy atom. The lowest BCUT2D eigenvalue weighted by molar-refractivity contribution is 0.0303. The molecule has 1 amide bonds. The topological polar surface area (TPSA) is 54.5 Å². The quantitative estimate of drug-likeness (QED) is 0.848. The summed E-state index contributed by atoms with van der Waals surface area (Å²) in [5, 5.41) is 3.15. The van der Waals surface area contributed by atoms with E-state index in [2.05, 4.69) is 10.3 Å². The molecule has 1 aliphatic heterocycles. The first-order valence-electron chi connectivity index (χ1n) is 5.88. The molecule has 0 unspecified atom stereocenters. The highest BCUT2D eigenvalue weighted by atomic mass is 16.5. The van der Waals surface area contributed by atoms with Crippen molar-refractivity contribution in [2.24, 2.45) is 0 Å². The Morgan fingerprint density at radius 1 is 1.53 bits per heavy atom. The van der Waals surface area contributed by atoms with E-state index in [1.807, 2.05) is 11.8 Å². The van der Waals surface area contributed by atoms with Crippen molar-refractivity contribution in [1.29, 1.82) is 0 Å². The predicted octanol–water partition coefficient (Wildman–Crippen LogP) is 0.986. The fraction of sp³-hybridized carbons (Fsp3) is 0.500. The van der Waals surface area contributed by atoms with E-state index in [0.29, 0.717) is 31.9 Å². The molecule has 5 nitrogen and oxygen atoms in total. The van der Waals surface area contributed by atoms with E-state index in [0.717, 1.165) is 12.2 Å². The van der Waals surface area contributed by atoms with Crippen LogP contribution in [0.2, 0.25) is 0 Å². The van der Waals surface area contributed by atoms with E-state index >= 15 is 0 Å². The van der Waals surface area contributed by atoms with Crippen LogP contribution in [0.5, 0.6) is 0 Å². The average Bonchev–Trinajstić information content (AvgIpc) is 2.40. The van der Waals surface area contributed by atoms with E-state index in [1.165, 1.54) is 0 Å². The summed E-state index contributed by atoms with van der Waals surface area (Å²) in [6.45, 7) is 5.32. The highest BCUT2D eigenvalue weighted by Gasteiger charge is 2.20. The van der Waals surface area contributed by atoms with Crippen molar-refractivity contribution < 1.29 is 9.53 Å². The van der Waals surface area contributed by atoms with Gasteiger partial charge in [-0.25, -0.2) is 0 Å². The van der Waals surface area contributed by atoms with E-state index in [-0.39, 0.29) is 5.91 Å². The monoisotopic (exact) mass is 235 g/mol. The van der Waals surface area contributed by atoms with Crippen LogP contribution in [0, 0.1) is 0 Å². The smallest absolute Gasteiger partial charge is 0.256 e. The minimum atomic E-state index is 0.0478. The second-order valence-electron chi connectivity index (χ2n) is 3.86. The van der Waals surface area contributed by atoms with Gasteiger partial charge in [-0.3, -0.25) is 9.78 Å². The zero-order valence-electron chi connectivity index (χ0n) is 9.98. The second kappa shape index (κ2) is 5.63. The molecule has 2 heterocycles. The number of hydrogen-bond acceptors (Lipinski definition) is 4. The third-order valence-corrected chi connectivity index (χ3v) is 2.72. The maximum Gasteiger partial charge on any atom is 0.256 e. The van der Waals surface area contributed by atoms with Gasteiger partial charge in [-0.1, -0.05) is 0 Å². The number of carbonyl (C=O) groups is 1. The van der Waals surface area contributed by atoms with Crippen LogP contribution in [0.25, 0.3) is 0 Å².